The summed E-state index contributed by atoms with van der Waals surface area (Å²) < 4.78 is 0. The summed E-state index contributed by atoms with van der Waals surface area (Å²) in [5.41, 5.74) is 1.06. The first-order valence-corrected chi connectivity index (χ1v) is 7.20. The zero-order valence-corrected chi connectivity index (χ0v) is 11.9. The van der Waals surface area contributed by atoms with Gasteiger partial charge in [0.25, 0.3) is 0 Å². The predicted molar refractivity (Wildman–Crippen MR) is 78.3 cm³/mol. The maximum Gasteiger partial charge on any atom is 0.321 e. The van der Waals surface area contributed by atoms with Gasteiger partial charge in [0, 0.05) is 6.04 Å². The molecule has 0 amide bonds. The van der Waals surface area contributed by atoms with Crippen LogP contribution in [0.2, 0.25) is 0 Å². The lowest BCUT2D eigenvalue weighted by molar-refractivity contribution is -0.139. The molecule has 1 aromatic rings. The Bertz CT molecular complexity index is 358. The van der Waals surface area contributed by atoms with E-state index in [-0.39, 0.29) is 0 Å². The van der Waals surface area contributed by atoms with Gasteiger partial charge in [-0.15, -0.1) is 0 Å². The van der Waals surface area contributed by atoms with Crippen LogP contribution in [-0.4, -0.2) is 23.2 Å². The van der Waals surface area contributed by atoms with Gasteiger partial charge in [-0.25, -0.2) is 0 Å². The number of hydrogen-bond acceptors (Lipinski definition) is 2. The zero-order chi connectivity index (χ0) is 14.1. The van der Waals surface area contributed by atoms with Crippen molar-refractivity contribution in [3.8, 4) is 0 Å². The van der Waals surface area contributed by atoms with Crippen molar-refractivity contribution < 1.29 is 9.90 Å². The van der Waals surface area contributed by atoms with Crippen LogP contribution in [0.4, 0.5) is 0 Å². The Kier molecular flexibility index (Phi) is 7.19. The van der Waals surface area contributed by atoms with Crippen molar-refractivity contribution in [1.29, 1.82) is 0 Å². The van der Waals surface area contributed by atoms with Crippen LogP contribution >= 0.6 is 0 Å². The molecule has 0 saturated heterocycles. The third kappa shape index (κ3) is 5.88. The lowest BCUT2D eigenvalue weighted by Crippen LogP contribution is -2.44. The lowest BCUT2D eigenvalue weighted by Gasteiger charge is -2.23. The molecule has 0 aliphatic rings. The van der Waals surface area contributed by atoms with Gasteiger partial charge in [0.05, 0.1) is 0 Å². The summed E-state index contributed by atoms with van der Waals surface area (Å²) in [4.78, 5) is 11.4. The quantitative estimate of drug-likeness (QED) is 0.719. The van der Waals surface area contributed by atoms with E-state index >= 15 is 0 Å². The summed E-state index contributed by atoms with van der Waals surface area (Å²) >= 11 is 0. The molecule has 0 spiro atoms. The molecule has 0 saturated carbocycles. The van der Waals surface area contributed by atoms with Crippen LogP contribution in [0.5, 0.6) is 0 Å². The molecule has 1 atom stereocenters. The Morgan fingerprint density at radius 1 is 1.16 bits per heavy atom. The van der Waals surface area contributed by atoms with E-state index < -0.39 is 12.0 Å². The normalized spacial score (nSPS) is 12.6. The molecule has 0 radical (unpaired) electrons. The van der Waals surface area contributed by atoms with Crippen molar-refractivity contribution in [1.82, 2.24) is 5.32 Å². The smallest absolute Gasteiger partial charge is 0.321 e. The third-order valence-corrected chi connectivity index (χ3v) is 3.29. The molecule has 0 aliphatic carbocycles. The van der Waals surface area contributed by atoms with Gasteiger partial charge in [-0.1, -0.05) is 57.0 Å². The van der Waals surface area contributed by atoms with Gasteiger partial charge in [-0.3, -0.25) is 4.79 Å². The monoisotopic (exact) mass is 263 g/mol. The number of nitrogens with one attached hydrogen (secondary N) is 1. The number of benzene rings is 1. The SMILES string of the molecule is CCCC(CCC)N[C@@H](Cc1ccccc1)C(=O)O. The first-order valence-electron chi connectivity index (χ1n) is 7.20. The summed E-state index contributed by atoms with van der Waals surface area (Å²) in [7, 11) is 0. The first-order chi connectivity index (χ1) is 9.17. The average Bonchev–Trinajstić information content (AvgIpc) is 2.39. The highest BCUT2D eigenvalue weighted by Gasteiger charge is 2.21. The number of carbonyl (C=O) groups is 1. The minimum Gasteiger partial charge on any atom is -0.480 e. The maximum absolute atomic E-state index is 11.4. The highest BCUT2D eigenvalue weighted by molar-refractivity contribution is 5.74. The molecule has 3 nitrogen and oxygen atoms in total. The summed E-state index contributed by atoms with van der Waals surface area (Å²) in [6.07, 6.45) is 4.77. The van der Waals surface area contributed by atoms with Gasteiger partial charge in [0.15, 0.2) is 0 Å². The van der Waals surface area contributed by atoms with Crippen LogP contribution < -0.4 is 5.32 Å². The standard InChI is InChI=1S/C16H25NO2/c1-3-8-14(9-4-2)17-15(16(18)19)12-13-10-6-5-7-11-13/h5-7,10-11,14-15,17H,3-4,8-9,12H2,1-2H3,(H,18,19)/t15-/m0/s1. The molecule has 0 fully saturated rings. The Balaban J connectivity index is 2.63. The molecule has 19 heavy (non-hydrogen) atoms. The fraction of sp³-hybridized carbons (Fsp3) is 0.562. The van der Waals surface area contributed by atoms with E-state index in [4.69, 9.17) is 0 Å². The van der Waals surface area contributed by atoms with Gasteiger partial charge >= 0.3 is 5.97 Å². The van der Waals surface area contributed by atoms with E-state index in [0.29, 0.717) is 12.5 Å². The molecule has 2 N–H and O–H groups in total. The number of aliphatic carboxylic acids is 1. The number of carboxylic acid groups (broad SMARTS) is 1. The minimum atomic E-state index is -0.763. The van der Waals surface area contributed by atoms with E-state index in [1.807, 2.05) is 30.3 Å². The van der Waals surface area contributed by atoms with Gasteiger partial charge in [-0.2, -0.15) is 0 Å². The molecule has 0 aliphatic heterocycles. The fourth-order valence-corrected chi connectivity index (χ4v) is 2.36. The van der Waals surface area contributed by atoms with Crippen molar-refractivity contribution >= 4 is 5.97 Å². The van der Waals surface area contributed by atoms with E-state index in [2.05, 4.69) is 19.2 Å². The van der Waals surface area contributed by atoms with Crippen molar-refractivity contribution in [2.24, 2.45) is 0 Å². The fourth-order valence-electron chi connectivity index (χ4n) is 2.36. The Hall–Kier alpha value is -1.35. The molecule has 1 aromatic carbocycles. The Morgan fingerprint density at radius 3 is 2.21 bits per heavy atom. The van der Waals surface area contributed by atoms with Gasteiger partial charge < -0.3 is 10.4 Å². The van der Waals surface area contributed by atoms with E-state index in [1.54, 1.807) is 0 Å². The second-order valence-electron chi connectivity index (χ2n) is 5.02. The lowest BCUT2D eigenvalue weighted by atomic mass is 10.0. The minimum absolute atomic E-state index is 0.305. The number of hydrogen-bond donors (Lipinski definition) is 2. The number of rotatable bonds is 9. The highest BCUT2D eigenvalue weighted by atomic mass is 16.4. The largest absolute Gasteiger partial charge is 0.480 e. The van der Waals surface area contributed by atoms with Crippen molar-refractivity contribution in [2.45, 2.75) is 58.0 Å². The van der Waals surface area contributed by atoms with E-state index in [0.717, 1.165) is 31.2 Å². The first kappa shape index (κ1) is 15.7. The van der Waals surface area contributed by atoms with Crippen molar-refractivity contribution in [3.05, 3.63) is 35.9 Å². The number of carboxylic acids is 1. The van der Waals surface area contributed by atoms with Gasteiger partial charge in [-0.05, 0) is 24.8 Å². The summed E-state index contributed by atoms with van der Waals surface area (Å²) in [5, 5.41) is 12.7. The van der Waals surface area contributed by atoms with Crippen molar-refractivity contribution in [2.75, 3.05) is 0 Å². The van der Waals surface area contributed by atoms with Crippen LogP contribution in [0.1, 0.15) is 45.1 Å². The molecule has 106 valence electrons. The average molecular weight is 263 g/mol. The molecule has 0 aromatic heterocycles. The third-order valence-electron chi connectivity index (χ3n) is 3.29. The molecule has 0 unspecified atom stereocenters. The zero-order valence-electron chi connectivity index (χ0n) is 11.9. The van der Waals surface area contributed by atoms with E-state index in [9.17, 15) is 9.90 Å². The van der Waals surface area contributed by atoms with Crippen LogP contribution in [-0.2, 0) is 11.2 Å². The highest BCUT2D eigenvalue weighted by Crippen LogP contribution is 2.09. The summed E-state index contributed by atoms with van der Waals surface area (Å²) in [5.74, 6) is -0.763. The van der Waals surface area contributed by atoms with Gasteiger partial charge in [0.2, 0.25) is 0 Å². The second kappa shape index (κ2) is 8.70. The molecular formula is C16H25NO2. The predicted octanol–water partition coefficient (Wildman–Crippen LogP) is 3.24. The molecule has 0 bridgehead atoms. The van der Waals surface area contributed by atoms with Crippen molar-refractivity contribution in [3.63, 3.8) is 0 Å². The Morgan fingerprint density at radius 2 is 1.74 bits per heavy atom. The van der Waals surface area contributed by atoms with Crippen LogP contribution in [0, 0.1) is 0 Å². The van der Waals surface area contributed by atoms with Crippen LogP contribution in [0.25, 0.3) is 0 Å². The molecule has 0 heterocycles. The molecule has 1 rings (SSSR count). The molecular weight excluding hydrogens is 238 g/mol. The van der Waals surface area contributed by atoms with E-state index in [1.165, 1.54) is 0 Å². The topological polar surface area (TPSA) is 49.3 Å². The Labute approximate surface area is 116 Å². The maximum atomic E-state index is 11.4. The van der Waals surface area contributed by atoms with Crippen LogP contribution in [0.15, 0.2) is 30.3 Å². The summed E-state index contributed by atoms with van der Waals surface area (Å²) in [6.45, 7) is 4.27. The summed E-state index contributed by atoms with van der Waals surface area (Å²) in [6, 6.07) is 9.61. The van der Waals surface area contributed by atoms with Crippen LogP contribution in [0.3, 0.4) is 0 Å². The van der Waals surface area contributed by atoms with Gasteiger partial charge in [0.1, 0.15) is 6.04 Å². The second-order valence-corrected chi connectivity index (χ2v) is 5.02. The molecule has 3 heteroatoms.